The van der Waals surface area contributed by atoms with Crippen molar-refractivity contribution in [2.24, 2.45) is 0 Å². The average Bonchev–Trinajstić information content (AvgIpc) is 4.09. The molecule has 0 aliphatic heterocycles. The van der Waals surface area contributed by atoms with E-state index in [-0.39, 0.29) is 0 Å². The van der Waals surface area contributed by atoms with Gasteiger partial charge in [-0.15, -0.1) is 0 Å². The predicted octanol–water partition coefficient (Wildman–Crippen LogP) is 16.3. The van der Waals surface area contributed by atoms with Gasteiger partial charge in [-0.3, -0.25) is 0 Å². The van der Waals surface area contributed by atoms with E-state index in [9.17, 15) is 0 Å². The van der Waals surface area contributed by atoms with Crippen molar-refractivity contribution < 1.29 is 4.42 Å². The van der Waals surface area contributed by atoms with Crippen molar-refractivity contribution >= 4 is 65.6 Å². The summed E-state index contributed by atoms with van der Waals surface area (Å²) >= 11 is 0. The van der Waals surface area contributed by atoms with E-state index in [1.165, 1.54) is 27.1 Å². The van der Waals surface area contributed by atoms with E-state index in [0.717, 1.165) is 88.8 Å². The lowest BCUT2D eigenvalue weighted by atomic mass is 9.96. The molecule has 0 bridgehead atoms. The van der Waals surface area contributed by atoms with E-state index in [0.29, 0.717) is 17.5 Å². The Balaban J connectivity index is 0.932. The number of benzene rings is 10. The molecule has 0 radical (unpaired) electrons. The molecule has 0 saturated carbocycles. The van der Waals surface area contributed by atoms with E-state index in [2.05, 4.69) is 185 Å². The first-order chi connectivity index (χ1) is 34.2. The van der Waals surface area contributed by atoms with Gasteiger partial charge in [0.25, 0.3) is 0 Å². The number of furan rings is 1. The van der Waals surface area contributed by atoms with Crippen LogP contribution < -0.4 is 0 Å². The van der Waals surface area contributed by atoms with Crippen molar-refractivity contribution in [3.63, 3.8) is 0 Å². The molecule has 4 heterocycles. The normalized spacial score (nSPS) is 11.8. The maximum atomic E-state index is 6.82. The monoisotopic (exact) mass is 881 g/mol. The van der Waals surface area contributed by atoms with Gasteiger partial charge in [-0.25, -0.2) is 15.0 Å². The smallest absolute Gasteiger partial charge is 0.164 e. The Kier molecular flexibility index (Phi) is 8.79. The Morgan fingerprint density at radius 2 is 0.841 bits per heavy atom. The molecule has 0 spiro atoms. The molecule has 0 aliphatic carbocycles. The molecule has 14 rings (SSSR count). The summed E-state index contributed by atoms with van der Waals surface area (Å²) in [5.74, 6) is 1.88. The van der Waals surface area contributed by atoms with Gasteiger partial charge in [0.05, 0.1) is 27.8 Å². The van der Waals surface area contributed by atoms with Crippen LogP contribution in [0.2, 0.25) is 0 Å². The fourth-order valence-corrected chi connectivity index (χ4v) is 10.5. The van der Waals surface area contributed by atoms with Crippen LogP contribution in [0.5, 0.6) is 0 Å². The van der Waals surface area contributed by atoms with Gasteiger partial charge in [-0.2, -0.15) is 0 Å². The lowest BCUT2D eigenvalue weighted by molar-refractivity contribution is 0.669. The maximum absolute atomic E-state index is 6.82. The number of hydrogen-bond donors (Lipinski definition) is 0. The van der Waals surface area contributed by atoms with E-state index >= 15 is 0 Å². The van der Waals surface area contributed by atoms with Gasteiger partial charge >= 0.3 is 0 Å². The van der Waals surface area contributed by atoms with Crippen LogP contribution in [0.4, 0.5) is 0 Å². The van der Waals surface area contributed by atoms with Gasteiger partial charge in [0.15, 0.2) is 17.5 Å². The molecule has 0 atom stereocenters. The first-order valence-electron chi connectivity index (χ1n) is 23.3. The molecule has 0 fully saturated rings. The molecule has 0 N–H and O–H groups in total. The van der Waals surface area contributed by atoms with Crippen molar-refractivity contribution in [3.05, 3.63) is 237 Å². The molecule has 0 aliphatic rings. The molecule has 10 aromatic carbocycles. The van der Waals surface area contributed by atoms with Crippen LogP contribution in [0.3, 0.4) is 0 Å². The minimum Gasteiger partial charge on any atom is -0.456 e. The van der Waals surface area contributed by atoms with E-state index < -0.39 is 0 Å². The van der Waals surface area contributed by atoms with Gasteiger partial charge < -0.3 is 13.6 Å². The molecule has 14 aromatic rings. The van der Waals surface area contributed by atoms with Crippen molar-refractivity contribution in [2.75, 3.05) is 0 Å². The van der Waals surface area contributed by atoms with E-state index in [1.807, 2.05) is 60.7 Å². The highest BCUT2D eigenvalue weighted by Crippen LogP contribution is 2.45. The van der Waals surface area contributed by atoms with Gasteiger partial charge in [0.2, 0.25) is 0 Å². The Labute approximate surface area is 396 Å². The van der Waals surface area contributed by atoms with Gasteiger partial charge in [0.1, 0.15) is 11.2 Å². The topological polar surface area (TPSA) is 61.7 Å². The van der Waals surface area contributed by atoms with Crippen LogP contribution >= 0.6 is 0 Å². The highest BCUT2D eigenvalue weighted by atomic mass is 16.3. The molecule has 0 amide bonds. The summed E-state index contributed by atoms with van der Waals surface area (Å²) in [4.78, 5) is 14.9. The lowest BCUT2D eigenvalue weighted by Crippen LogP contribution is -2.00. The Bertz CT molecular complexity index is 4240. The fraction of sp³-hybridized carbons (Fsp3) is 0. The van der Waals surface area contributed by atoms with Gasteiger partial charge in [-0.05, 0) is 77.4 Å². The lowest BCUT2D eigenvalue weighted by Gasteiger charge is -2.14. The second-order valence-electron chi connectivity index (χ2n) is 17.5. The fourth-order valence-electron chi connectivity index (χ4n) is 10.5. The van der Waals surface area contributed by atoms with Crippen molar-refractivity contribution in [1.82, 2.24) is 24.1 Å². The van der Waals surface area contributed by atoms with E-state index in [1.54, 1.807) is 0 Å². The molecular formula is C63H39N5O. The molecule has 69 heavy (non-hydrogen) atoms. The standard InChI is InChI=1S/C63H39N5O/c1-4-18-40(19-5-1)61-64-62(41-20-6-2-7-21-41)66-63(65-61)44-23-14-22-42(38-44)43-36-37-51-57(39-43)69-56-35-16-28-47(58(51)56)49-30-15-29-48-46-26-10-12-31-52(46)68(60(48)49)55-34-17-33-54-59(55)50-27-11-13-32-53(50)67(54)45-24-8-3-9-25-45/h1-39H. The van der Waals surface area contributed by atoms with Crippen LogP contribution in [0, 0.1) is 0 Å². The molecule has 6 nitrogen and oxygen atoms in total. The van der Waals surface area contributed by atoms with E-state index in [4.69, 9.17) is 19.4 Å². The van der Waals surface area contributed by atoms with Gasteiger partial charge in [-0.1, -0.05) is 176 Å². The Hall–Kier alpha value is -9.39. The van der Waals surface area contributed by atoms with Crippen LogP contribution in [-0.4, -0.2) is 24.1 Å². The molecule has 0 saturated heterocycles. The summed E-state index contributed by atoms with van der Waals surface area (Å²) in [7, 11) is 0. The van der Waals surface area contributed by atoms with Crippen LogP contribution in [0.25, 0.3) is 133 Å². The summed E-state index contributed by atoms with van der Waals surface area (Å²) in [5.41, 5.74) is 15.7. The zero-order chi connectivity index (χ0) is 45.4. The number of hydrogen-bond acceptors (Lipinski definition) is 4. The number of nitrogens with zero attached hydrogens (tertiary/aromatic N) is 5. The maximum Gasteiger partial charge on any atom is 0.164 e. The zero-order valence-electron chi connectivity index (χ0n) is 37.2. The van der Waals surface area contributed by atoms with Crippen LogP contribution in [0.15, 0.2) is 241 Å². The predicted molar refractivity (Wildman–Crippen MR) is 283 cm³/mol. The van der Waals surface area contributed by atoms with Crippen molar-refractivity contribution in [3.8, 4) is 67.8 Å². The molecule has 6 heteroatoms. The molecule has 322 valence electrons. The van der Waals surface area contributed by atoms with Crippen LogP contribution in [-0.2, 0) is 0 Å². The number of fused-ring (bicyclic) bond motifs is 9. The average molecular weight is 882 g/mol. The summed E-state index contributed by atoms with van der Waals surface area (Å²) in [5, 5.41) is 6.97. The van der Waals surface area contributed by atoms with Crippen LogP contribution in [0.1, 0.15) is 0 Å². The number of aromatic nitrogens is 5. The highest BCUT2D eigenvalue weighted by Gasteiger charge is 2.23. The minimum atomic E-state index is 0.615. The largest absolute Gasteiger partial charge is 0.456 e. The van der Waals surface area contributed by atoms with Crippen molar-refractivity contribution in [1.29, 1.82) is 0 Å². The number of rotatable bonds is 7. The quantitative estimate of drug-likeness (QED) is 0.160. The van der Waals surface area contributed by atoms with Crippen molar-refractivity contribution in [2.45, 2.75) is 0 Å². The molecular weight excluding hydrogens is 843 g/mol. The Morgan fingerprint density at radius 1 is 0.304 bits per heavy atom. The molecule has 0 unspecified atom stereocenters. The second-order valence-corrected chi connectivity index (χ2v) is 17.5. The summed E-state index contributed by atoms with van der Waals surface area (Å²) in [6, 6.07) is 83.3. The third-order valence-corrected chi connectivity index (χ3v) is 13.6. The SMILES string of the molecule is c1ccc(-c2nc(-c3ccccc3)nc(-c3cccc(-c4ccc5c(c4)oc4cccc(-c6cccc7c8ccccc8n(-c8cccc9c8c8ccccc8n9-c8ccccc8)c67)c45)c3)n2)cc1. The third-order valence-electron chi connectivity index (χ3n) is 13.6. The zero-order valence-corrected chi connectivity index (χ0v) is 37.2. The Morgan fingerprint density at radius 3 is 1.59 bits per heavy atom. The summed E-state index contributed by atoms with van der Waals surface area (Å²) in [6.07, 6.45) is 0. The highest BCUT2D eigenvalue weighted by molar-refractivity contribution is 6.21. The number of para-hydroxylation sites is 4. The molecule has 4 aromatic heterocycles. The summed E-state index contributed by atoms with van der Waals surface area (Å²) in [6.45, 7) is 0. The first kappa shape index (κ1) is 38.8. The first-order valence-corrected chi connectivity index (χ1v) is 23.3. The second kappa shape index (κ2) is 15.6. The minimum absolute atomic E-state index is 0.615. The van der Waals surface area contributed by atoms with Gasteiger partial charge in [0, 0.05) is 60.3 Å². The summed E-state index contributed by atoms with van der Waals surface area (Å²) < 4.78 is 11.7. The third kappa shape index (κ3) is 6.23.